The van der Waals surface area contributed by atoms with Crippen molar-refractivity contribution < 1.29 is 4.79 Å². The second-order valence-electron chi connectivity index (χ2n) is 5.09. The molecule has 1 aliphatic rings. The van der Waals surface area contributed by atoms with Crippen LogP contribution in [0.4, 0.5) is 5.69 Å². The molecule has 0 unspecified atom stereocenters. The fourth-order valence-electron chi connectivity index (χ4n) is 2.53. The Kier molecular flexibility index (Phi) is 3.19. The summed E-state index contributed by atoms with van der Waals surface area (Å²) >= 11 is 0. The van der Waals surface area contributed by atoms with Gasteiger partial charge in [-0.2, -0.15) is 4.68 Å². The third kappa shape index (κ3) is 2.27. The molecule has 0 radical (unpaired) electrons. The number of rotatable bonds is 3. The van der Waals surface area contributed by atoms with Gasteiger partial charge in [-0.05, 0) is 35.4 Å². The summed E-state index contributed by atoms with van der Waals surface area (Å²) in [5, 5.41) is 14.0. The highest BCUT2D eigenvalue weighted by Gasteiger charge is 2.37. The van der Waals surface area contributed by atoms with Crippen molar-refractivity contribution in [1.82, 2.24) is 20.2 Å². The zero-order valence-electron chi connectivity index (χ0n) is 11.0. The Hall–Kier alpha value is -2.28. The van der Waals surface area contributed by atoms with Gasteiger partial charge in [0.2, 0.25) is 5.91 Å². The van der Waals surface area contributed by atoms with Gasteiger partial charge in [-0.1, -0.05) is 25.0 Å². The maximum absolute atomic E-state index is 12.4. The van der Waals surface area contributed by atoms with E-state index in [1.165, 1.54) is 11.0 Å². The number of carbonyl (C=O) groups excluding carboxylic acids is 1. The molecule has 0 atom stereocenters. The molecule has 7 nitrogen and oxygen atoms in total. The van der Waals surface area contributed by atoms with Crippen molar-refractivity contribution >= 4 is 11.6 Å². The van der Waals surface area contributed by atoms with Gasteiger partial charge in [-0.25, -0.2) is 0 Å². The molecule has 1 fully saturated rings. The Morgan fingerprint density at radius 2 is 2.05 bits per heavy atom. The molecule has 0 bridgehead atoms. The first-order chi connectivity index (χ1) is 9.69. The molecule has 1 aromatic carbocycles. The van der Waals surface area contributed by atoms with E-state index in [0.29, 0.717) is 11.4 Å². The topological polar surface area (TPSA) is 98.7 Å². The molecule has 20 heavy (non-hydrogen) atoms. The number of tetrazole rings is 1. The molecular formula is C13H16N6O. The number of benzene rings is 1. The smallest absolute Gasteiger partial charge is 0.244 e. The molecule has 0 saturated heterocycles. The lowest BCUT2D eigenvalue weighted by Crippen LogP contribution is -2.48. The quantitative estimate of drug-likeness (QED) is 0.863. The van der Waals surface area contributed by atoms with Gasteiger partial charge in [0.15, 0.2) is 0 Å². The first kappa shape index (κ1) is 12.7. The Balaban J connectivity index is 1.86. The second-order valence-corrected chi connectivity index (χ2v) is 5.09. The minimum Gasteiger partial charge on any atom is -0.323 e. The fourth-order valence-corrected chi connectivity index (χ4v) is 2.53. The number of nitrogens with zero attached hydrogens (tertiary/aromatic N) is 4. The molecule has 2 aromatic rings. The van der Waals surface area contributed by atoms with E-state index in [0.717, 1.165) is 25.7 Å². The van der Waals surface area contributed by atoms with E-state index in [9.17, 15) is 4.79 Å². The van der Waals surface area contributed by atoms with Crippen LogP contribution in [0, 0.1) is 0 Å². The van der Waals surface area contributed by atoms with Crippen molar-refractivity contribution in [3.8, 4) is 5.69 Å². The van der Waals surface area contributed by atoms with Crippen LogP contribution in [0.2, 0.25) is 0 Å². The number of nitrogens with one attached hydrogen (secondary N) is 1. The second kappa shape index (κ2) is 5.01. The van der Waals surface area contributed by atoms with Crippen LogP contribution in [0.25, 0.3) is 5.69 Å². The average molecular weight is 272 g/mol. The van der Waals surface area contributed by atoms with Crippen molar-refractivity contribution in [2.45, 2.75) is 31.2 Å². The molecule has 3 rings (SSSR count). The SMILES string of the molecule is NC1(C(=O)Nc2ccccc2-n2cnnn2)CCCC1. The highest BCUT2D eigenvalue weighted by molar-refractivity contribution is 5.99. The minimum absolute atomic E-state index is 0.143. The van der Waals surface area contributed by atoms with Gasteiger partial charge >= 0.3 is 0 Å². The van der Waals surface area contributed by atoms with Gasteiger partial charge in [-0.3, -0.25) is 4.79 Å². The van der Waals surface area contributed by atoms with Crippen LogP contribution in [0.5, 0.6) is 0 Å². The van der Waals surface area contributed by atoms with Crippen molar-refractivity contribution in [2.75, 3.05) is 5.32 Å². The summed E-state index contributed by atoms with van der Waals surface area (Å²) in [6.07, 6.45) is 4.94. The van der Waals surface area contributed by atoms with Crippen LogP contribution < -0.4 is 11.1 Å². The van der Waals surface area contributed by atoms with Gasteiger partial charge in [-0.15, -0.1) is 5.10 Å². The number of aromatic nitrogens is 4. The average Bonchev–Trinajstić information content (AvgIpc) is 3.11. The van der Waals surface area contributed by atoms with Gasteiger partial charge in [0.05, 0.1) is 16.9 Å². The van der Waals surface area contributed by atoms with Gasteiger partial charge < -0.3 is 11.1 Å². The number of hydrogen-bond donors (Lipinski definition) is 2. The van der Waals surface area contributed by atoms with Crippen LogP contribution in [0.1, 0.15) is 25.7 Å². The summed E-state index contributed by atoms with van der Waals surface area (Å²) < 4.78 is 1.51. The Bertz CT molecular complexity index is 603. The maximum atomic E-state index is 12.4. The number of carbonyl (C=O) groups is 1. The predicted molar refractivity (Wildman–Crippen MR) is 73.2 cm³/mol. The monoisotopic (exact) mass is 272 g/mol. The van der Waals surface area contributed by atoms with E-state index in [1.807, 2.05) is 24.3 Å². The minimum atomic E-state index is -0.756. The molecular weight excluding hydrogens is 256 g/mol. The maximum Gasteiger partial charge on any atom is 0.244 e. The van der Waals surface area contributed by atoms with Crippen LogP contribution in [0.3, 0.4) is 0 Å². The number of anilines is 1. The first-order valence-electron chi connectivity index (χ1n) is 6.62. The molecule has 1 heterocycles. The van der Waals surface area contributed by atoms with Crippen LogP contribution >= 0.6 is 0 Å². The van der Waals surface area contributed by atoms with E-state index in [2.05, 4.69) is 20.8 Å². The molecule has 1 saturated carbocycles. The first-order valence-corrected chi connectivity index (χ1v) is 6.62. The van der Waals surface area contributed by atoms with Crippen molar-refractivity contribution in [3.63, 3.8) is 0 Å². The molecule has 0 aliphatic heterocycles. The fraction of sp³-hybridized carbons (Fsp3) is 0.385. The van der Waals surface area contributed by atoms with E-state index in [-0.39, 0.29) is 5.91 Å². The normalized spacial score (nSPS) is 17.1. The molecule has 1 amide bonds. The summed E-state index contributed by atoms with van der Waals surface area (Å²) in [4.78, 5) is 12.4. The number of amides is 1. The van der Waals surface area contributed by atoms with Crippen LogP contribution in [-0.2, 0) is 4.79 Å². The molecule has 3 N–H and O–H groups in total. The Morgan fingerprint density at radius 3 is 2.75 bits per heavy atom. The number of para-hydroxylation sites is 2. The summed E-state index contributed by atoms with van der Waals surface area (Å²) in [6.45, 7) is 0. The van der Waals surface area contributed by atoms with Crippen molar-refractivity contribution in [1.29, 1.82) is 0 Å². The summed E-state index contributed by atoms with van der Waals surface area (Å²) in [7, 11) is 0. The number of nitrogens with two attached hydrogens (primary N) is 1. The highest BCUT2D eigenvalue weighted by Crippen LogP contribution is 2.29. The van der Waals surface area contributed by atoms with Crippen LogP contribution in [-0.4, -0.2) is 31.7 Å². The van der Waals surface area contributed by atoms with E-state index >= 15 is 0 Å². The summed E-state index contributed by atoms with van der Waals surface area (Å²) in [6, 6.07) is 7.36. The van der Waals surface area contributed by atoms with Crippen LogP contribution in [0.15, 0.2) is 30.6 Å². The molecule has 1 aliphatic carbocycles. The van der Waals surface area contributed by atoms with Gasteiger partial charge in [0.25, 0.3) is 0 Å². The zero-order chi connectivity index (χ0) is 14.0. The zero-order valence-corrected chi connectivity index (χ0v) is 11.0. The van der Waals surface area contributed by atoms with Gasteiger partial charge in [0.1, 0.15) is 6.33 Å². The third-order valence-electron chi connectivity index (χ3n) is 3.70. The summed E-state index contributed by atoms with van der Waals surface area (Å²) in [5.41, 5.74) is 6.77. The van der Waals surface area contributed by atoms with E-state index in [1.54, 1.807) is 0 Å². The van der Waals surface area contributed by atoms with E-state index < -0.39 is 5.54 Å². The van der Waals surface area contributed by atoms with Gasteiger partial charge in [0, 0.05) is 0 Å². The highest BCUT2D eigenvalue weighted by atomic mass is 16.2. The molecule has 1 aromatic heterocycles. The lowest BCUT2D eigenvalue weighted by atomic mass is 9.98. The lowest BCUT2D eigenvalue weighted by molar-refractivity contribution is -0.121. The van der Waals surface area contributed by atoms with Crippen molar-refractivity contribution in [2.24, 2.45) is 5.73 Å². The van der Waals surface area contributed by atoms with E-state index in [4.69, 9.17) is 5.73 Å². The molecule has 104 valence electrons. The molecule has 0 spiro atoms. The Labute approximate surface area is 116 Å². The Morgan fingerprint density at radius 1 is 1.30 bits per heavy atom. The number of hydrogen-bond acceptors (Lipinski definition) is 5. The van der Waals surface area contributed by atoms with Crippen molar-refractivity contribution in [3.05, 3.63) is 30.6 Å². The predicted octanol–water partition coefficient (Wildman–Crippen LogP) is 0.872. The molecule has 7 heteroatoms. The summed E-state index contributed by atoms with van der Waals surface area (Å²) in [5.74, 6) is -0.143. The third-order valence-corrected chi connectivity index (χ3v) is 3.70. The largest absolute Gasteiger partial charge is 0.323 e. The standard InChI is InChI=1S/C13H16N6O/c14-13(7-3-4-8-13)12(20)16-10-5-1-2-6-11(10)19-9-15-17-18-19/h1-2,5-6,9H,3-4,7-8,14H2,(H,16,20). The lowest BCUT2D eigenvalue weighted by Gasteiger charge is -2.23.